The van der Waals surface area contributed by atoms with Gasteiger partial charge in [-0.05, 0) is 45.2 Å². The summed E-state index contributed by atoms with van der Waals surface area (Å²) in [6.07, 6.45) is 2.22. The van der Waals surface area contributed by atoms with Gasteiger partial charge in [-0.2, -0.15) is 5.10 Å². The summed E-state index contributed by atoms with van der Waals surface area (Å²) in [6, 6.07) is 6.23. The number of carboxylic acids is 1. The van der Waals surface area contributed by atoms with Gasteiger partial charge in [-0.3, -0.25) is 4.79 Å². The molecule has 1 aromatic carbocycles. The fourth-order valence-electron chi connectivity index (χ4n) is 2.84. The zero-order valence-corrected chi connectivity index (χ0v) is 13.5. The number of fused-ring (bicyclic) bond motifs is 1. The number of benzene rings is 1. The fourth-order valence-corrected chi connectivity index (χ4v) is 2.84. The van der Waals surface area contributed by atoms with E-state index >= 15 is 0 Å². The molecule has 6 nitrogen and oxygen atoms in total. The van der Waals surface area contributed by atoms with Gasteiger partial charge in [0.1, 0.15) is 17.0 Å². The predicted molar refractivity (Wildman–Crippen MR) is 84.7 cm³/mol. The first-order valence-corrected chi connectivity index (χ1v) is 7.73. The number of nitrogens with one attached hydrogen (secondary N) is 1. The van der Waals surface area contributed by atoms with Crippen LogP contribution in [0.1, 0.15) is 42.0 Å². The Kier molecular flexibility index (Phi) is 3.87. The minimum absolute atomic E-state index is 0.167. The van der Waals surface area contributed by atoms with Gasteiger partial charge in [0, 0.05) is 11.3 Å². The lowest BCUT2D eigenvalue weighted by Crippen LogP contribution is -2.49. The molecule has 0 saturated heterocycles. The molecule has 1 aliphatic rings. The van der Waals surface area contributed by atoms with Gasteiger partial charge in [0.25, 0.3) is 5.91 Å². The molecule has 1 aromatic heterocycles. The van der Waals surface area contributed by atoms with Crippen LogP contribution in [0.5, 0.6) is 0 Å². The maximum absolute atomic E-state index is 14.1. The fraction of sp³-hybridized carbons (Fsp3) is 0.353. The molecule has 126 valence electrons. The number of carboxylic acid groups (broad SMARTS) is 1. The van der Waals surface area contributed by atoms with Gasteiger partial charge in [-0.25, -0.2) is 13.9 Å². The number of rotatable bonds is 4. The van der Waals surface area contributed by atoms with E-state index in [4.69, 9.17) is 5.11 Å². The maximum atomic E-state index is 14.1. The Balaban J connectivity index is 2.02. The van der Waals surface area contributed by atoms with Gasteiger partial charge in [-0.15, -0.1) is 0 Å². The van der Waals surface area contributed by atoms with Crippen molar-refractivity contribution in [1.29, 1.82) is 0 Å². The summed E-state index contributed by atoms with van der Waals surface area (Å²) in [5.74, 6) is -2.12. The topological polar surface area (TPSA) is 84.2 Å². The van der Waals surface area contributed by atoms with Gasteiger partial charge < -0.3 is 10.4 Å². The smallest absolute Gasteiger partial charge is 0.328 e. The Morgan fingerprint density at radius 2 is 2.00 bits per heavy atom. The molecule has 2 N–H and O–H groups in total. The van der Waals surface area contributed by atoms with Crippen molar-refractivity contribution in [2.24, 2.45) is 0 Å². The van der Waals surface area contributed by atoms with Crippen molar-refractivity contribution in [3.63, 3.8) is 0 Å². The molecule has 7 heteroatoms. The van der Waals surface area contributed by atoms with Crippen molar-refractivity contribution in [2.45, 2.75) is 38.6 Å². The lowest BCUT2D eigenvalue weighted by Gasteiger charge is -2.20. The van der Waals surface area contributed by atoms with Crippen LogP contribution in [0.25, 0.3) is 5.69 Å². The highest BCUT2D eigenvalue weighted by molar-refractivity contribution is 5.97. The number of carbonyl (C=O) groups is 2. The lowest BCUT2D eigenvalue weighted by molar-refractivity contribution is -0.143. The molecule has 2 aromatic rings. The number of amides is 1. The molecule has 1 amide bonds. The van der Waals surface area contributed by atoms with E-state index in [0.717, 1.165) is 17.7 Å². The molecule has 1 heterocycles. The summed E-state index contributed by atoms with van der Waals surface area (Å²) < 4.78 is 15.6. The van der Waals surface area contributed by atoms with Crippen LogP contribution in [-0.2, 0) is 17.6 Å². The molecule has 0 radical (unpaired) electrons. The minimum Gasteiger partial charge on any atom is -0.480 e. The SMILES string of the molecule is CC(C)(NC(=O)c1nn(-c2ccccc2F)c2c1CCC2)C(=O)O. The highest BCUT2D eigenvalue weighted by Gasteiger charge is 2.33. The van der Waals surface area contributed by atoms with Crippen molar-refractivity contribution in [1.82, 2.24) is 15.1 Å². The monoisotopic (exact) mass is 331 g/mol. The van der Waals surface area contributed by atoms with E-state index in [1.807, 2.05) is 0 Å². The second-order valence-corrected chi connectivity index (χ2v) is 6.37. The summed E-state index contributed by atoms with van der Waals surface area (Å²) in [5, 5.41) is 15.9. The quantitative estimate of drug-likeness (QED) is 0.898. The van der Waals surface area contributed by atoms with Crippen LogP contribution in [0.4, 0.5) is 4.39 Å². The molecular formula is C17H18FN3O3. The van der Waals surface area contributed by atoms with Crippen LogP contribution in [0.3, 0.4) is 0 Å². The normalized spacial score (nSPS) is 13.6. The number of hydrogen-bond donors (Lipinski definition) is 2. The molecule has 0 spiro atoms. The third-order valence-electron chi connectivity index (χ3n) is 4.19. The number of hydrogen-bond acceptors (Lipinski definition) is 3. The van der Waals surface area contributed by atoms with E-state index in [1.165, 1.54) is 24.6 Å². The number of aliphatic carboxylic acids is 1. The molecule has 0 unspecified atom stereocenters. The first-order chi connectivity index (χ1) is 11.3. The van der Waals surface area contributed by atoms with Crippen molar-refractivity contribution >= 4 is 11.9 Å². The van der Waals surface area contributed by atoms with Crippen LogP contribution in [0.15, 0.2) is 24.3 Å². The summed E-state index contributed by atoms with van der Waals surface area (Å²) in [7, 11) is 0. The second-order valence-electron chi connectivity index (χ2n) is 6.37. The largest absolute Gasteiger partial charge is 0.480 e. The molecule has 0 atom stereocenters. The third-order valence-corrected chi connectivity index (χ3v) is 4.19. The Morgan fingerprint density at radius 3 is 2.67 bits per heavy atom. The van der Waals surface area contributed by atoms with Gasteiger partial charge in [0.2, 0.25) is 0 Å². The molecular weight excluding hydrogens is 313 g/mol. The summed E-state index contributed by atoms with van der Waals surface area (Å²) in [6.45, 7) is 2.81. The highest BCUT2D eigenvalue weighted by atomic mass is 19.1. The molecule has 0 saturated carbocycles. The Bertz CT molecular complexity index is 826. The molecule has 24 heavy (non-hydrogen) atoms. The Morgan fingerprint density at radius 1 is 1.29 bits per heavy atom. The van der Waals surface area contributed by atoms with E-state index in [9.17, 15) is 14.0 Å². The van der Waals surface area contributed by atoms with Crippen molar-refractivity contribution in [2.75, 3.05) is 0 Å². The predicted octanol–water partition coefficient (Wildman–Crippen LogP) is 2.09. The van der Waals surface area contributed by atoms with Crippen LogP contribution >= 0.6 is 0 Å². The van der Waals surface area contributed by atoms with Crippen molar-refractivity contribution in [3.8, 4) is 5.69 Å². The van der Waals surface area contributed by atoms with Crippen LogP contribution in [-0.4, -0.2) is 32.3 Å². The summed E-state index contributed by atoms with van der Waals surface area (Å²) in [4.78, 5) is 23.7. The number of halogens is 1. The van der Waals surface area contributed by atoms with Gasteiger partial charge in [-0.1, -0.05) is 12.1 Å². The summed E-state index contributed by atoms with van der Waals surface area (Å²) >= 11 is 0. The zero-order chi connectivity index (χ0) is 17.5. The van der Waals surface area contributed by atoms with E-state index < -0.39 is 23.2 Å². The van der Waals surface area contributed by atoms with E-state index in [1.54, 1.807) is 18.2 Å². The number of carbonyl (C=O) groups excluding carboxylic acids is 1. The second kappa shape index (κ2) is 5.74. The first kappa shape index (κ1) is 16.2. The Labute approximate surface area is 138 Å². The average molecular weight is 331 g/mol. The summed E-state index contributed by atoms with van der Waals surface area (Å²) in [5.41, 5.74) is 0.604. The molecule has 0 bridgehead atoms. The number of para-hydroxylation sites is 1. The van der Waals surface area contributed by atoms with E-state index in [-0.39, 0.29) is 11.4 Å². The Hall–Kier alpha value is -2.70. The van der Waals surface area contributed by atoms with E-state index in [0.29, 0.717) is 12.8 Å². The molecule has 0 fully saturated rings. The average Bonchev–Trinajstić information content (AvgIpc) is 3.09. The molecule has 1 aliphatic carbocycles. The van der Waals surface area contributed by atoms with Crippen molar-refractivity contribution < 1.29 is 19.1 Å². The minimum atomic E-state index is -1.41. The zero-order valence-electron chi connectivity index (χ0n) is 13.5. The van der Waals surface area contributed by atoms with Gasteiger partial charge >= 0.3 is 5.97 Å². The molecule has 0 aliphatic heterocycles. The van der Waals surface area contributed by atoms with Crippen LogP contribution in [0.2, 0.25) is 0 Å². The van der Waals surface area contributed by atoms with Crippen LogP contribution < -0.4 is 5.32 Å². The van der Waals surface area contributed by atoms with Crippen LogP contribution in [0, 0.1) is 5.82 Å². The third kappa shape index (κ3) is 2.66. The van der Waals surface area contributed by atoms with E-state index in [2.05, 4.69) is 10.4 Å². The van der Waals surface area contributed by atoms with Gasteiger partial charge in [0.05, 0.1) is 0 Å². The molecule has 3 rings (SSSR count). The standard InChI is InChI=1S/C17H18FN3O3/c1-17(2,16(23)24)19-15(22)14-10-6-5-9-12(10)21(20-14)13-8-4-3-7-11(13)18/h3-4,7-8H,5-6,9H2,1-2H3,(H,19,22)(H,23,24). The van der Waals surface area contributed by atoms with Crippen molar-refractivity contribution in [3.05, 3.63) is 47.0 Å². The number of aromatic nitrogens is 2. The first-order valence-electron chi connectivity index (χ1n) is 7.73. The maximum Gasteiger partial charge on any atom is 0.328 e. The number of nitrogens with zero attached hydrogens (tertiary/aromatic N) is 2. The highest BCUT2D eigenvalue weighted by Crippen LogP contribution is 2.28. The van der Waals surface area contributed by atoms with Gasteiger partial charge in [0.15, 0.2) is 5.69 Å². The lowest BCUT2D eigenvalue weighted by atomic mass is 10.1.